The van der Waals surface area contributed by atoms with E-state index in [9.17, 15) is 4.79 Å². The summed E-state index contributed by atoms with van der Waals surface area (Å²) >= 11 is 0. The Morgan fingerprint density at radius 2 is 1.93 bits per heavy atom. The lowest BCUT2D eigenvalue weighted by Crippen LogP contribution is -2.40. The molecule has 4 nitrogen and oxygen atoms in total. The summed E-state index contributed by atoms with van der Waals surface area (Å²) in [4.78, 5) is 11.1. The maximum absolute atomic E-state index is 11.1. The molecule has 0 rings (SSSR count). The first-order valence-corrected chi connectivity index (χ1v) is 7.06. The fraction of sp³-hybridized carbons (Fsp3) is 0.700. The molecule has 0 spiro atoms. The zero-order chi connectivity index (χ0) is 11.9. The Labute approximate surface area is 93.4 Å². The summed E-state index contributed by atoms with van der Waals surface area (Å²) in [6, 6.07) is 0. The van der Waals surface area contributed by atoms with E-state index in [1.54, 1.807) is 21.1 Å². The van der Waals surface area contributed by atoms with Crippen molar-refractivity contribution in [3.8, 4) is 0 Å². The van der Waals surface area contributed by atoms with Crippen molar-refractivity contribution >= 4 is 15.5 Å². The Morgan fingerprint density at radius 1 is 1.40 bits per heavy atom. The van der Waals surface area contributed by atoms with Gasteiger partial charge >= 0.3 is 5.97 Å². The van der Waals surface area contributed by atoms with Crippen molar-refractivity contribution in [1.29, 1.82) is 0 Å². The van der Waals surface area contributed by atoms with Gasteiger partial charge in [0.2, 0.25) is 0 Å². The first kappa shape index (κ1) is 14.3. The summed E-state index contributed by atoms with van der Waals surface area (Å²) in [5, 5.41) is 0. The number of esters is 1. The fourth-order valence-electron chi connectivity index (χ4n) is 1.18. The lowest BCUT2D eigenvalue weighted by Gasteiger charge is -2.29. The molecule has 0 aromatic heterocycles. The number of carbonyl (C=O) groups is 1. The Morgan fingerprint density at radius 3 is 2.27 bits per heavy atom. The summed E-state index contributed by atoms with van der Waals surface area (Å²) in [5.74, 6) is -0.367. The van der Waals surface area contributed by atoms with Crippen LogP contribution in [0.5, 0.6) is 0 Å². The number of rotatable bonds is 7. The van der Waals surface area contributed by atoms with Gasteiger partial charge in [-0.2, -0.15) is 0 Å². The van der Waals surface area contributed by atoms with Crippen LogP contribution in [0, 0.1) is 0 Å². The van der Waals surface area contributed by atoms with E-state index < -0.39 is 14.9 Å². The van der Waals surface area contributed by atoms with Gasteiger partial charge in [-0.15, -0.1) is 0 Å². The molecule has 0 aliphatic carbocycles. The van der Waals surface area contributed by atoms with Crippen LogP contribution in [0.3, 0.4) is 0 Å². The van der Waals surface area contributed by atoms with Crippen LogP contribution in [0.4, 0.5) is 0 Å². The molecule has 5 heteroatoms. The molecule has 0 aliphatic rings. The third-order valence-corrected chi connectivity index (χ3v) is 4.36. The van der Waals surface area contributed by atoms with Crippen LogP contribution in [0.1, 0.15) is 13.3 Å². The smallest absolute Gasteiger partial charge is 0.333 e. The maximum atomic E-state index is 11.1. The van der Waals surface area contributed by atoms with Crippen LogP contribution in [0.15, 0.2) is 12.2 Å². The number of carbonyl (C=O) groups excluding carboxylic acids is 1. The average molecular weight is 232 g/mol. The molecule has 0 bridgehead atoms. The third-order valence-electron chi connectivity index (χ3n) is 2.35. The number of hydrogen-bond acceptors (Lipinski definition) is 4. The number of hydrogen-bond donors (Lipinski definition) is 0. The summed E-state index contributed by atoms with van der Waals surface area (Å²) in [5.41, 5.74) is -0.112. The lowest BCUT2D eigenvalue weighted by atomic mass is 10.3. The largest absolute Gasteiger partial charge is 0.462 e. The summed E-state index contributed by atoms with van der Waals surface area (Å²) in [6.45, 7) is 7.51. The van der Waals surface area contributed by atoms with E-state index in [0.717, 1.165) is 0 Å². The van der Waals surface area contributed by atoms with Crippen molar-refractivity contribution in [2.24, 2.45) is 0 Å². The molecule has 0 aromatic rings. The van der Waals surface area contributed by atoms with Gasteiger partial charge in [-0.3, -0.25) is 0 Å². The van der Waals surface area contributed by atoms with Crippen molar-refractivity contribution < 1.29 is 19.0 Å². The minimum atomic E-state index is -0.518. The molecule has 0 aliphatic heterocycles. The predicted octanol–water partition coefficient (Wildman–Crippen LogP) is 0.659. The van der Waals surface area contributed by atoms with Crippen LogP contribution in [-0.2, 0) is 19.0 Å². The summed E-state index contributed by atoms with van der Waals surface area (Å²) in [6.07, 6.45) is 0.571. The van der Waals surface area contributed by atoms with Crippen molar-refractivity contribution in [3.05, 3.63) is 12.2 Å². The zero-order valence-electron chi connectivity index (χ0n) is 9.96. The molecule has 0 atom stereocenters. The molecular weight excluding hydrogens is 212 g/mol. The van der Waals surface area contributed by atoms with Crippen LogP contribution in [0.25, 0.3) is 0 Å². The minimum absolute atomic E-state index is 0.300. The minimum Gasteiger partial charge on any atom is -0.462 e. The van der Waals surface area contributed by atoms with Gasteiger partial charge < -0.3 is 14.2 Å². The lowest BCUT2D eigenvalue weighted by molar-refractivity contribution is -0.162. The second-order valence-corrected chi connectivity index (χ2v) is 5.12. The van der Waals surface area contributed by atoms with Crippen molar-refractivity contribution in [2.75, 3.05) is 20.8 Å². The molecule has 0 amide bonds. The van der Waals surface area contributed by atoms with Crippen LogP contribution < -0.4 is 0 Å². The SMILES string of the molecule is C=C(C)C(=O)OCCC(OC)(OC)[SiH2]C. The molecule has 15 heavy (non-hydrogen) atoms. The van der Waals surface area contributed by atoms with Gasteiger partial charge in [0.25, 0.3) is 0 Å². The highest BCUT2D eigenvalue weighted by atomic mass is 28.2. The molecular formula is C10H20O4Si. The Bertz CT molecular complexity index is 215. The standard InChI is InChI=1S/C10H20O4Si/c1-8(2)9(11)14-7-6-10(12-3,13-4)15-5/h1,6-7,15H2,2-5H3. The van der Waals surface area contributed by atoms with E-state index in [0.29, 0.717) is 18.6 Å². The number of ether oxygens (including phenoxy) is 3. The second kappa shape index (κ2) is 6.76. The van der Waals surface area contributed by atoms with Crippen molar-refractivity contribution in [2.45, 2.75) is 25.3 Å². The van der Waals surface area contributed by atoms with Gasteiger partial charge in [-0.1, -0.05) is 13.1 Å². The zero-order valence-corrected chi connectivity index (χ0v) is 11.4. The average Bonchev–Trinajstić information content (AvgIpc) is 2.24. The highest BCUT2D eigenvalue weighted by Gasteiger charge is 2.27. The first-order valence-electron chi connectivity index (χ1n) is 4.94. The molecule has 0 N–H and O–H groups in total. The summed E-state index contributed by atoms with van der Waals surface area (Å²) < 4.78 is 15.6. The Balaban J connectivity index is 4.02. The van der Waals surface area contributed by atoms with Gasteiger partial charge in [-0.25, -0.2) is 4.79 Å². The molecule has 0 fully saturated rings. The Hall–Kier alpha value is -0.653. The Kier molecular flexibility index (Phi) is 6.47. The first-order chi connectivity index (χ1) is 7.01. The predicted molar refractivity (Wildman–Crippen MR) is 61.5 cm³/mol. The van der Waals surface area contributed by atoms with Gasteiger partial charge in [0.15, 0.2) is 0 Å². The van der Waals surface area contributed by atoms with Crippen LogP contribution >= 0.6 is 0 Å². The van der Waals surface area contributed by atoms with Gasteiger partial charge in [0.1, 0.15) is 5.41 Å². The van der Waals surface area contributed by atoms with E-state index >= 15 is 0 Å². The molecule has 0 saturated heterocycles. The maximum Gasteiger partial charge on any atom is 0.333 e. The molecule has 88 valence electrons. The molecule has 0 aromatic carbocycles. The molecule has 0 heterocycles. The molecule has 0 saturated carbocycles. The highest BCUT2D eigenvalue weighted by Crippen LogP contribution is 2.14. The van der Waals surface area contributed by atoms with E-state index in [4.69, 9.17) is 14.2 Å². The highest BCUT2D eigenvalue weighted by molar-refractivity contribution is 6.37. The molecule has 0 unspecified atom stereocenters. The van der Waals surface area contributed by atoms with E-state index in [-0.39, 0.29) is 5.97 Å². The van der Waals surface area contributed by atoms with Crippen molar-refractivity contribution in [1.82, 2.24) is 0 Å². The van der Waals surface area contributed by atoms with E-state index in [1.807, 2.05) is 0 Å². The van der Waals surface area contributed by atoms with Gasteiger partial charge in [-0.05, 0) is 6.92 Å². The summed E-state index contributed by atoms with van der Waals surface area (Å²) in [7, 11) is 2.72. The van der Waals surface area contributed by atoms with E-state index in [2.05, 4.69) is 13.1 Å². The van der Waals surface area contributed by atoms with Crippen molar-refractivity contribution in [3.63, 3.8) is 0 Å². The fourth-order valence-corrected chi connectivity index (χ4v) is 2.25. The van der Waals surface area contributed by atoms with E-state index in [1.165, 1.54) is 0 Å². The monoisotopic (exact) mass is 232 g/mol. The normalized spacial score (nSPS) is 12.0. The topological polar surface area (TPSA) is 44.8 Å². The van der Waals surface area contributed by atoms with Crippen LogP contribution in [0.2, 0.25) is 6.55 Å². The van der Waals surface area contributed by atoms with Gasteiger partial charge in [0.05, 0.1) is 16.1 Å². The van der Waals surface area contributed by atoms with Gasteiger partial charge in [0, 0.05) is 26.2 Å². The third kappa shape index (κ3) is 4.59. The second-order valence-electron chi connectivity index (χ2n) is 3.34. The van der Waals surface area contributed by atoms with Crippen LogP contribution in [-0.4, -0.2) is 41.7 Å². The number of methoxy groups -OCH3 is 2. The molecule has 0 radical (unpaired) electrons. The quantitative estimate of drug-likeness (QED) is 0.280.